The first-order valence-electron chi connectivity index (χ1n) is 9.42. The number of rotatable bonds is 7. The lowest BCUT2D eigenvalue weighted by Crippen LogP contribution is -2.33. The molecule has 0 bridgehead atoms. The Balaban J connectivity index is 2.07. The zero-order chi connectivity index (χ0) is 21.6. The highest BCUT2D eigenvalue weighted by atomic mass is 35.5. The third-order valence-corrected chi connectivity index (χ3v) is 4.14. The van der Waals surface area contributed by atoms with E-state index in [0.29, 0.717) is 30.9 Å². The standard InChI is InChI=1S/C20H28ClN5O3/c1-5-14-16(21)26-18(15(25-14)17(22)27)24-13-8-6-7-12(11-13)9-10-23-19(28)29-20(2,3)4/h6-8,11,17,27H,5,9-10,22H2,1-4H3,(H,23,28)(H,24,26). The Morgan fingerprint density at radius 3 is 2.69 bits per heavy atom. The lowest BCUT2D eigenvalue weighted by Gasteiger charge is -2.19. The van der Waals surface area contributed by atoms with Gasteiger partial charge in [-0.2, -0.15) is 0 Å². The summed E-state index contributed by atoms with van der Waals surface area (Å²) in [4.78, 5) is 20.3. The molecule has 0 aliphatic heterocycles. The second-order valence-electron chi connectivity index (χ2n) is 7.50. The Hall–Kier alpha value is -2.42. The topological polar surface area (TPSA) is 122 Å². The number of hydrogen-bond acceptors (Lipinski definition) is 7. The van der Waals surface area contributed by atoms with Crippen molar-refractivity contribution in [1.82, 2.24) is 15.3 Å². The molecule has 0 fully saturated rings. The number of benzene rings is 1. The first kappa shape index (κ1) is 22.9. The number of ether oxygens (including phenoxy) is 1. The fourth-order valence-corrected chi connectivity index (χ4v) is 2.81. The van der Waals surface area contributed by atoms with Crippen LogP contribution in [0.15, 0.2) is 24.3 Å². The van der Waals surface area contributed by atoms with Crippen LogP contribution in [0.1, 0.15) is 50.9 Å². The lowest BCUT2D eigenvalue weighted by molar-refractivity contribution is 0.0528. The molecule has 0 saturated carbocycles. The molecule has 9 heteroatoms. The molecule has 1 aromatic carbocycles. The minimum Gasteiger partial charge on any atom is -0.444 e. The quantitative estimate of drug-likeness (QED) is 0.505. The second kappa shape index (κ2) is 9.87. The maximum Gasteiger partial charge on any atom is 0.407 e. The number of aryl methyl sites for hydroxylation is 1. The summed E-state index contributed by atoms with van der Waals surface area (Å²) in [6.07, 6.45) is -0.544. The zero-order valence-electron chi connectivity index (χ0n) is 17.1. The number of aliphatic hydroxyl groups excluding tert-OH is 1. The largest absolute Gasteiger partial charge is 0.444 e. The van der Waals surface area contributed by atoms with Crippen molar-refractivity contribution in [3.05, 3.63) is 46.4 Å². The number of aromatic nitrogens is 2. The van der Waals surface area contributed by atoms with Crippen LogP contribution in [0.5, 0.6) is 0 Å². The van der Waals surface area contributed by atoms with Crippen LogP contribution in [0, 0.1) is 0 Å². The molecule has 1 amide bonds. The summed E-state index contributed by atoms with van der Waals surface area (Å²) < 4.78 is 5.22. The number of halogens is 1. The third-order valence-electron chi connectivity index (χ3n) is 3.83. The number of hydrogen-bond donors (Lipinski definition) is 4. The highest BCUT2D eigenvalue weighted by Gasteiger charge is 2.17. The third kappa shape index (κ3) is 7.16. The van der Waals surface area contributed by atoms with E-state index in [4.69, 9.17) is 22.1 Å². The minimum absolute atomic E-state index is 0.225. The number of alkyl carbamates (subject to hydrolysis) is 1. The van der Waals surface area contributed by atoms with Gasteiger partial charge in [-0.1, -0.05) is 30.7 Å². The van der Waals surface area contributed by atoms with E-state index in [1.165, 1.54) is 0 Å². The summed E-state index contributed by atoms with van der Waals surface area (Å²) in [5.74, 6) is 0.297. The van der Waals surface area contributed by atoms with E-state index in [-0.39, 0.29) is 10.8 Å². The molecule has 29 heavy (non-hydrogen) atoms. The van der Waals surface area contributed by atoms with Crippen molar-refractivity contribution in [2.75, 3.05) is 11.9 Å². The normalized spacial score (nSPS) is 12.4. The number of aliphatic hydroxyl groups is 1. The first-order chi connectivity index (χ1) is 13.6. The zero-order valence-corrected chi connectivity index (χ0v) is 17.9. The Labute approximate surface area is 175 Å². The van der Waals surface area contributed by atoms with Gasteiger partial charge in [-0.25, -0.2) is 14.8 Å². The smallest absolute Gasteiger partial charge is 0.407 e. The van der Waals surface area contributed by atoms with Crippen LogP contribution in [0.2, 0.25) is 5.15 Å². The predicted molar refractivity (Wildman–Crippen MR) is 113 cm³/mol. The summed E-state index contributed by atoms with van der Waals surface area (Å²) in [7, 11) is 0. The molecule has 1 atom stereocenters. The summed E-state index contributed by atoms with van der Waals surface area (Å²) in [6.45, 7) is 7.77. The molecule has 2 aromatic rings. The Morgan fingerprint density at radius 2 is 2.07 bits per heavy atom. The summed E-state index contributed by atoms with van der Waals surface area (Å²) in [5, 5.41) is 15.9. The van der Waals surface area contributed by atoms with Gasteiger partial charge >= 0.3 is 6.09 Å². The molecule has 0 aliphatic rings. The summed E-state index contributed by atoms with van der Waals surface area (Å²) in [6, 6.07) is 7.58. The highest BCUT2D eigenvalue weighted by Crippen LogP contribution is 2.25. The van der Waals surface area contributed by atoms with E-state index in [1.54, 1.807) is 0 Å². The van der Waals surface area contributed by atoms with Crippen molar-refractivity contribution in [1.29, 1.82) is 0 Å². The molecular weight excluding hydrogens is 394 g/mol. The summed E-state index contributed by atoms with van der Waals surface area (Å²) >= 11 is 6.16. The Morgan fingerprint density at radius 1 is 1.34 bits per heavy atom. The van der Waals surface area contributed by atoms with Crippen LogP contribution in [0.4, 0.5) is 16.3 Å². The second-order valence-corrected chi connectivity index (χ2v) is 7.86. The van der Waals surface area contributed by atoms with Crippen molar-refractivity contribution in [3.8, 4) is 0 Å². The molecule has 1 aromatic heterocycles. The van der Waals surface area contributed by atoms with Crippen LogP contribution in [0.25, 0.3) is 0 Å². The van der Waals surface area contributed by atoms with Crippen molar-refractivity contribution in [3.63, 3.8) is 0 Å². The molecule has 0 radical (unpaired) electrons. The number of nitrogens with zero attached hydrogens (tertiary/aromatic N) is 2. The number of amides is 1. The highest BCUT2D eigenvalue weighted by molar-refractivity contribution is 6.30. The number of anilines is 2. The average Bonchev–Trinajstić information content (AvgIpc) is 2.60. The monoisotopic (exact) mass is 421 g/mol. The number of nitrogens with two attached hydrogens (primary N) is 1. The molecule has 8 nitrogen and oxygen atoms in total. The number of carbonyl (C=O) groups excluding carboxylic acids is 1. The Bertz CT molecular complexity index is 852. The van der Waals surface area contributed by atoms with E-state index >= 15 is 0 Å². The molecule has 158 valence electrons. The molecule has 2 rings (SSSR count). The Kier molecular flexibility index (Phi) is 7.78. The van der Waals surface area contributed by atoms with Crippen molar-refractivity contribution >= 4 is 29.2 Å². The van der Waals surface area contributed by atoms with Gasteiger partial charge in [0.05, 0.1) is 5.69 Å². The van der Waals surface area contributed by atoms with E-state index in [9.17, 15) is 9.90 Å². The van der Waals surface area contributed by atoms with Crippen LogP contribution >= 0.6 is 11.6 Å². The van der Waals surface area contributed by atoms with Crippen LogP contribution in [-0.2, 0) is 17.6 Å². The molecule has 1 heterocycles. The van der Waals surface area contributed by atoms with Crippen LogP contribution in [-0.4, -0.2) is 33.3 Å². The van der Waals surface area contributed by atoms with E-state index in [1.807, 2.05) is 52.0 Å². The van der Waals surface area contributed by atoms with Gasteiger partial charge in [-0.15, -0.1) is 0 Å². The summed E-state index contributed by atoms with van der Waals surface area (Å²) in [5.41, 5.74) is 7.61. The number of carbonyl (C=O) groups is 1. The fourth-order valence-electron chi connectivity index (χ4n) is 2.55. The average molecular weight is 422 g/mol. The molecule has 5 N–H and O–H groups in total. The van der Waals surface area contributed by atoms with Crippen LogP contribution in [0.3, 0.4) is 0 Å². The van der Waals surface area contributed by atoms with Crippen molar-refractivity contribution < 1.29 is 14.6 Å². The van der Waals surface area contributed by atoms with Gasteiger partial charge in [0, 0.05) is 12.2 Å². The SMILES string of the molecule is CCc1nc(C(N)O)c(Nc2cccc(CCNC(=O)OC(C)(C)C)c2)nc1Cl. The molecule has 0 aliphatic carbocycles. The van der Waals surface area contributed by atoms with Crippen LogP contribution < -0.4 is 16.4 Å². The van der Waals surface area contributed by atoms with Gasteiger partial charge in [0.25, 0.3) is 0 Å². The van der Waals surface area contributed by atoms with Gasteiger partial charge in [-0.05, 0) is 51.3 Å². The van der Waals surface area contributed by atoms with E-state index in [2.05, 4.69) is 20.6 Å². The van der Waals surface area contributed by atoms with E-state index < -0.39 is 17.9 Å². The van der Waals surface area contributed by atoms with Gasteiger partial charge in [-0.3, -0.25) is 0 Å². The van der Waals surface area contributed by atoms with Crippen molar-refractivity contribution in [2.24, 2.45) is 5.73 Å². The fraction of sp³-hybridized carbons (Fsp3) is 0.450. The van der Waals surface area contributed by atoms with Gasteiger partial charge < -0.3 is 26.2 Å². The maximum absolute atomic E-state index is 11.7. The molecular formula is C20H28ClN5O3. The minimum atomic E-state index is -1.28. The maximum atomic E-state index is 11.7. The molecule has 0 spiro atoms. The van der Waals surface area contributed by atoms with Gasteiger partial charge in [0.2, 0.25) is 0 Å². The van der Waals surface area contributed by atoms with Gasteiger partial charge in [0.15, 0.2) is 11.0 Å². The first-order valence-corrected chi connectivity index (χ1v) is 9.79. The molecule has 1 unspecified atom stereocenters. The van der Waals surface area contributed by atoms with Gasteiger partial charge in [0.1, 0.15) is 17.5 Å². The van der Waals surface area contributed by atoms with E-state index in [0.717, 1.165) is 11.3 Å². The lowest BCUT2D eigenvalue weighted by atomic mass is 10.1. The van der Waals surface area contributed by atoms with Crippen molar-refractivity contribution in [2.45, 2.75) is 52.4 Å². The molecule has 0 saturated heterocycles. The predicted octanol–water partition coefficient (Wildman–Crippen LogP) is 3.45. The number of nitrogens with one attached hydrogen (secondary N) is 2.